The number of carboxylic acid groups (broad SMARTS) is 2. The average molecular weight is 1200 g/mol. The fourth-order valence-corrected chi connectivity index (χ4v) is 7.94. The summed E-state index contributed by atoms with van der Waals surface area (Å²) < 4.78 is 31.9. The van der Waals surface area contributed by atoms with Crippen molar-refractivity contribution in [2.24, 2.45) is 17.6 Å². The number of unbranched alkanes of at least 4 members (excludes halogenated alkanes) is 14. The van der Waals surface area contributed by atoms with Gasteiger partial charge >= 0.3 is 23.9 Å². The third-order valence-corrected chi connectivity index (χ3v) is 12.6. The van der Waals surface area contributed by atoms with Crippen molar-refractivity contribution < 1.29 is 86.6 Å². The van der Waals surface area contributed by atoms with Gasteiger partial charge < -0.3 is 71.0 Å². The van der Waals surface area contributed by atoms with Crippen molar-refractivity contribution in [1.82, 2.24) is 26.6 Å². The Balaban J connectivity index is 0. The highest BCUT2D eigenvalue weighted by molar-refractivity contribution is 5.91. The predicted molar refractivity (Wildman–Crippen MR) is 318 cm³/mol. The summed E-state index contributed by atoms with van der Waals surface area (Å²) in [6.45, 7) is 13.9. The lowest BCUT2D eigenvalue weighted by molar-refractivity contribution is -0.160. The van der Waals surface area contributed by atoms with Gasteiger partial charge in [0.25, 0.3) is 0 Å². The number of rotatable bonds is 53. The first kappa shape index (κ1) is 80.9. The van der Waals surface area contributed by atoms with Gasteiger partial charge in [-0.3, -0.25) is 47.9 Å². The number of hydrogen-bond acceptors (Lipinski definition) is 18. The Kier molecular flexibility index (Phi) is 50.3. The Morgan fingerprint density at radius 2 is 0.917 bits per heavy atom. The molecule has 3 atom stereocenters. The molecular weight excluding hydrogens is 1090 g/mol. The third-order valence-electron chi connectivity index (χ3n) is 12.6. The molecule has 9 N–H and O–H groups in total. The number of ketones is 2. The molecule has 0 aromatic carbocycles. The van der Waals surface area contributed by atoms with E-state index in [-0.39, 0.29) is 144 Å². The van der Waals surface area contributed by atoms with Gasteiger partial charge in [-0.2, -0.15) is 0 Å². The number of esters is 2. The van der Waals surface area contributed by atoms with Crippen molar-refractivity contribution in [3.05, 3.63) is 0 Å². The normalized spacial score (nSPS) is 12.4. The SMILES string of the molecule is CNC(=O)CCCCCCCCCCCCCCCCC(=O)OC(C)(C)C.C[C@@H](CCC(=O)NCCOCCOCC(=O)NCCOCCOCC(=O)NCCCC[C@H](CC(=O)[C@@H](N)CCC(=O)O)C(=O)CNCC(=O)O)C(=O)OC(C)(C)C. The second-order valence-corrected chi connectivity index (χ2v) is 22.9. The lowest BCUT2D eigenvalue weighted by Crippen LogP contribution is -2.37. The molecule has 0 saturated carbocycles. The van der Waals surface area contributed by atoms with Gasteiger partial charge in [0.1, 0.15) is 36.0 Å². The van der Waals surface area contributed by atoms with E-state index in [1.807, 2.05) is 20.8 Å². The minimum atomic E-state index is -1.14. The van der Waals surface area contributed by atoms with E-state index >= 15 is 0 Å². The summed E-state index contributed by atoms with van der Waals surface area (Å²) in [5.74, 6) is -5.26. The molecule has 0 fully saturated rings. The number of carbonyl (C=O) groups excluding carboxylic acids is 8. The first-order valence-corrected chi connectivity index (χ1v) is 30.5. The van der Waals surface area contributed by atoms with Gasteiger partial charge in [0.2, 0.25) is 23.6 Å². The summed E-state index contributed by atoms with van der Waals surface area (Å²) in [6, 6.07) is -1.03. The maximum Gasteiger partial charge on any atom is 0.317 e. The lowest BCUT2D eigenvalue weighted by atomic mass is 9.89. The van der Waals surface area contributed by atoms with Gasteiger partial charge in [-0.15, -0.1) is 0 Å². The number of ether oxygens (including phenoxy) is 6. The van der Waals surface area contributed by atoms with Gasteiger partial charge in [0.05, 0.1) is 64.7 Å². The standard InChI is InChI=1S/C37H65N5O15.C23H45NO3/c1-26(36(52)57-37(2,3)4)8-10-31(45)41-13-15-53-17-20-56-25-33(47)42-14-16-54-18-19-55-24-32(46)40-12-6-5-7-27(30(44)22-39-23-35(50)51)21-29(43)28(38)9-11-34(48)49;1-23(2,3)27-22(26)20-18-16-14-12-10-8-6-5-7-9-11-13-15-17-19-21(25)24-4/h26-28,39H,5-25,38H2,1-4H3,(H,40,46)(H,41,45)(H,42,47)(H,48,49)(H,50,51);5-20H2,1-4H3,(H,24,25)/t26-,27+,28-;/m0./s1. The van der Waals surface area contributed by atoms with E-state index in [2.05, 4.69) is 26.6 Å². The summed E-state index contributed by atoms with van der Waals surface area (Å²) in [6.07, 6.45) is 20.0. The second kappa shape index (κ2) is 52.2. The topological polar surface area (TPSA) is 353 Å². The first-order chi connectivity index (χ1) is 39.8. The summed E-state index contributed by atoms with van der Waals surface area (Å²) >= 11 is 0. The molecule has 4 amide bonds. The molecule has 0 radical (unpaired) electrons. The molecule has 84 heavy (non-hydrogen) atoms. The molecule has 0 spiro atoms. The monoisotopic (exact) mass is 1200 g/mol. The van der Waals surface area contributed by atoms with Crippen LogP contribution in [0.5, 0.6) is 0 Å². The van der Waals surface area contributed by atoms with E-state index in [4.69, 9.17) is 44.4 Å². The van der Waals surface area contributed by atoms with Crippen molar-refractivity contribution in [1.29, 1.82) is 0 Å². The summed E-state index contributed by atoms with van der Waals surface area (Å²) in [5.41, 5.74) is 4.86. The average Bonchev–Trinajstić information content (AvgIpc) is 3.53. The number of nitrogens with one attached hydrogen (secondary N) is 5. The van der Waals surface area contributed by atoms with Crippen LogP contribution >= 0.6 is 0 Å². The van der Waals surface area contributed by atoms with E-state index in [0.717, 1.165) is 19.3 Å². The molecule has 0 aromatic rings. The molecule has 0 bridgehead atoms. The Bertz CT molecular complexity index is 1840. The van der Waals surface area contributed by atoms with Gasteiger partial charge in [0, 0.05) is 64.7 Å². The molecule has 0 aromatic heterocycles. The fraction of sp³-hybridized carbons (Fsp3) is 0.833. The Morgan fingerprint density at radius 3 is 1.39 bits per heavy atom. The van der Waals surface area contributed by atoms with Crippen molar-refractivity contribution >= 4 is 59.1 Å². The molecular formula is C60H110N6O18. The highest BCUT2D eigenvalue weighted by atomic mass is 16.6. The van der Waals surface area contributed by atoms with Crippen LogP contribution in [0.1, 0.15) is 203 Å². The lowest BCUT2D eigenvalue weighted by Gasteiger charge is -2.22. The van der Waals surface area contributed by atoms with Crippen molar-refractivity contribution in [3.8, 4) is 0 Å². The van der Waals surface area contributed by atoms with Crippen LogP contribution in [0, 0.1) is 11.8 Å². The van der Waals surface area contributed by atoms with Gasteiger partial charge in [-0.25, -0.2) is 0 Å². The molecule has 0 saturated heterocycles. The molecule has 0 heterocycles. The molecule has 0 aliphatic rings. The summed E-state index contributed by atoms with van der Waals surface area (Å²) in [7, 11) is 1.70. The fourth-order valence-electron chi connectivity index (χ4n) is 7.94. The molecule has 24 heteroatoms. The molecule has 0 rings (SSSR count). The smallest absolute Gasteiger partial charge is 0.317 e. The molecule has 0 aliphatic heterocycles. The zero-order chi connectivity index (χ0) is 63.4. The Labute approximate surface area is 500 Å². The van der Waals surface area contributed by atoms with Crippen molar-refractivity contribution in [2.45, 2.75) is 220 Å². The van der Waals surface area contributed by atoms with E-state index in [0.29, 0.717) is 51.6 Å². The summed E-state index contributed by atoms with van der Waals surface area (Å²) in [4.78, 5) is 117. The third kappa shape index (κ3) is 57.3. The summed E-state index contributed by atoms with van der Waals surface area (Å²) in [5, 5.41) is 30.8. The minimum absolute atomic E-state index is 0.0597. The van der Waals surface area contributed by atoms with Crippen molar-refractivity contribution in [2.75, 3.05) is 92.6 Å². The van der Waals surface area contributed by atoms with E-state index in [1.165, 1.54) is 70.6 Å². The van der Waals surface area contributed by atoms with Crippen LogP contribution in [0.3, 0.4) is 0 Å². The molecule has 488 valence electrons. The largest absolute Gasteiger partial charge is 0.481 e. The number of amides is 4. The van der Waals surface area contributed by atoms with Crippen LogP contribution in [0.2, 0.25) is 0 Å². The first-order valence-electron chi connectivity index (χ1n) is 30.5. The number of aliphatic carboxylic acids is 2. The molecule has 24 nitrogen and oxygen atoms in total. The minimum Gasteiger partial charge on any atom is -0.481 e. The van der Waals surface area contributed by atoms with Crippen LogP contribution in [0.4, 0.5) is 0 Å². The zero-order valence-electron chi connectivity index (χ0n) is 52.4. The number of nitrogens with two attached hydrogens (primary N) is 1. The van der Waals surface area contributed by atoms with E-state index in [9.17, 15) is 47.9 Å². The zero-order valence-corrected chi connectivity index (χ0v) is 52.4. The van der Waals surface area contributed by atoms with Crippen LogP contribution in [-0.2, 0) is 76.4 Å². The van der Waals surface area contributed by atoms with Crippen LogP contribution < -0.4 is 32.3 Å². The highest BCUT2D eigenvalue weighted by Gasteiger charge is 2.26. The number of carbonyl (C=O) groups is 10. The van der Waals surface area contributed by atoms with Gasteiger partial charge in [0.15, 0.2) is 0 Å². The number of carboxylic acids is 2. The van der Waals surface area contributed by atoms with Gasteiger partial charge in [-0.05, 0) is 80.1 Å². The van der Waals surface area contributed by atoms with E-state index in [1.54, 1.807) is 34.7 Å². The maximum atomic E-state index is 12.6. The van der Waals surface area contributed by atoms with Crippen LogP contribution in [0.25, 0.3) is 0 Å². The molecule has 0 unspecified atom stereocenters. The van der Waals surface area contributed by atoms with Crippen LogP contribution in [0.15, 0.2) is 0 Å². The number of Topliss-reactive ketones (excluding diaryl/α,β-unsaturated/α-hetero) is 2. The van der Waals surface area contributed by atoms with Gasteiger partial charge in [-0.1, -0.05) is 90.4 Å². The predicted octanol–water partition coefficient (Wildman–Crippen LogP) is 5.66. The maximum absolute atomic E-state index is 12.6. The number of hydrogen-bond donors (Lipinski definition) is 8. The van der Waals surface area contributed by atoms with Crippen molar-refractivity contribution in [3.63, 3.8) is 0 Å². The van der Waals surface area contributed by atoms with E-state index < -0.39 is 41.8 Å². The molecule has 0 aliphatic carbocycles. The Hall–Kier alpha value is -5.14. The quantitative estimate of drug-likeness (QED) is 0.0269. The highest BCUT2D eigenvalue weighted by Crippen LogP contribution is 2.18. The Morgan fingerprint density at radius 1 is 0.452 bits per heavy atom. The van der Waals surface area contributed by atoms with Crippen LogP contribution in [-0.4, -0.2) is 179 Å². The second-order valence-electron chi connectivity index (χ2n) is 22.9.